The van der Waals surface area contributed by atoms with E-state index in [1.807, 2.05) is 13.8 Å². The summed E-state index contributed by atoms with van der Waals surface area (Å²) in [4.78, 5) is 18.4. The first-order chi connectivity index (χ1) is 6.79. The van der Waals surface area contributed by atoms with E-state index >= 15 is 0 Å². The van der Waals surface area contributed by atoms with Crippen molar-refractivity contribution in [3.8, 4) is 11.5 Å². The molecule has 0 aliphatic carbocycles. The molecule has 1 rings (SSSR count). The molecule has 0 unspecified atom stereocenters. The lowest BCUT2D eigenvalue weighted by molar-refractivity contribution is 0.995. The van der Waals surface area contributed by atoms with Gasteiger partial charge >= 0.3 is 0 Å². The molecule has 0 radical (unpaired) electrons. The zero-order valence-electron chi connectivity index (χ0n) is 9.86. The molecule has 0 saturated carbocycles. The average Bonchev–Trinajstić information content (AvgIpc) is 2.07. The Labute approximate surface area is 91.0 Å². The summed E-state index contributed by atoms with van der Waals surface area (Å²) in [5.74, 6) is 2.88. The van der Waals surface area contributed by atoms with Crippen LogP contribution >= 0.6 is 0 Å². The van der Waals surface area contributed by atoms with Gasteiger partial charge in [-0.05, 0) is 19.8 Å². The van der Waals surface area contributed by atoms with Gasteiger partial charge in [0, 0.05) is 5.69 Å². The molecule has 0 aliphatic rings. The first-order valence-electron chi connectivity index (χ1n) is 4.90. The molecule has 1 aromatic heterocycles. The van der Waals surface area contributed by atoms with Crippen LogP contribution in [0.5, 0.6) is 0 Å². The van der Waals surface area contributed by atoms with Crippen molar-refractivity contribution in [1.82, 2.24) is 9.97 Å². The number of hydrogen-bond donors (Lipinski definition) is 1. The summed E-state index contributed by atoms with van der Waals surface area (Å²) in [5, 5.41) is 0. The third-order valence-corrected chi connectivity index (χ3v) is 2.77. The number of aromatic amines is 1. The van der Waals surface area contributed by atoms with Crippen molar-refractivity contribution < 1.29 is 0 Å². The number of rotatable bonds is 0. The summed E-state index contributed by atoms with van der Waals surface area (Å²) in [6.45, 7) is 10.1. The summed E-state index contributed by atoms with van der Waals surface area (Å²) in [7, 11) is -1.45. The summed E-state index contributed by atoms with van der Waals surface area (Å²) >= 11 is 0. The SMILES string of the molecule is Cc1nc(C#C[Si](C)(C)C)c(=O)[nH]c1C. The zero-order chi connectivity index (χ0) is 11.6. The maximum absolute atomic E-state index is 11.5. The Balaban J connectivity index is 3.22. The van der Waals surface area contributed by atoms with Crippen molar-refractivity contribution >= 4 is 8.07 Å². The minimum Gasteiger partial charge on any atom is -0.322 e. The molecule has 4 heteroatoms. The van der Waals surface area contributed by atoms with E-state index in [4.69, 9.17) is 0 Å². The predicted octanol–water partition coefficient (Wildman–Crippen LogP) is 1.62. The van der Waals surface area contributed by atoms with Gasteiger partial charge in [0.2, 0.25) is 0 Å². The number of H-pyrrole nitrogens is 1. The van der Waals surface area contributed by atoms with Crippen LogP contribution in [0.1, 0.15) is 17.1 Å². The Morgan fingerprint density at radius 3 is 2.40 bits per heavy atom. The third-order valence-electron chi connectivity index (χ3n) is 1.89. The Kier molecular flexibility index (Phi) is 3.15. The second-order valence-corrected chi connectivity index (χ2v) is 9.37. The quantitative estimate of drug-likeness (QED) is 0.533. The minimum absolute atomic E-state index is 0.191. The number of aromatic nitrogens is 2. The summed E-state index contributed by atoms with van der Waals surface area (Å²) in [5.41, 5.74) is 4.91. The topological polar surface area (TPSA) is 45.8 Å². The Morgan fingerprint density at radius 2 is 1.87 bits per heavy atom. The van der Waals surface area contributed by atoms with Crippen LogP contribution < -0.4 is 5.56 Å². The van der Waals surface area contributed by atoms with Gasteiger partial charge in [-0.3, -0.25) is 4.79 Å². The molecule has 0 bridgehead atoms. The van der Waals surface area contributed by atoms with Gasteiger partial charge in [0.1, 0.15) is 8.07 Å². The lowest BCUT2D eigenvalue weighted by Gasteiger charge is -2.03. The molecule has 0 fully saturated rings. The van der Waals surface area contributed by atoms with Gasteiger partial charge in [-0.1, -0.05) is 19.6 Å². The van der Waals surface area contributed by atoms with Crippen LogP contribution in [0.4, 0.5) is 0 Å². The highest BCUT2D eigenvalue weighted by molar-refractivity contribution is 6.83. The van der Waals surface area contributed by atoms with Crippen molar-refractivity contribution in [3.05, 3.63) is 27.4 Å². The maximum atomic E-state index is 11.5. The molecule has 1 aromatic rings. The highest BCUT2D eigenvalue weighted by atomic mass is 28.3. The monoisotopic (exact) mass is 220 g/mol. The standard InChI is InChI=1S/C11H16N2OSi/c1-8-9(2)13-11(14)10(12-8)6-7-15(3,4)5/h1-5H3,(H,13,14). The largest absolute Gasteiger partial charge is 0.322 e. The fourth-order valence-corrected chi connectivity index (χ4v) is 1.45. The lowest BCUT2D eigenvalue weighted by Crippen LogP contribution is -2.19. The molecule has 3 nitrogen and oxygen atoms in total. The molecule has 0 spiro atoms. The molecule has 0 aromatic carbocycles. The van der Waals surface area contributed by atoms with E-state index in [2.05, 4.69) is 41.1 Å². The van der Waals surface area contributed by atoms with Crippen molar-refractivity contribution in [2.24, 2.45) is 0 Å². The minimum atomic E-state index is -1.45. The zero-order valence-corrected chi connectivity index (χ0v) is 10.9. The molecular formula is C11H16N2OSi. The van der Waals surface area contributed by atoms with Crippen molar-refractivity contribution in [2.45, 2.75) is 33.5 Å². The third kappa shape index (κ3) is 3.37. The Bertz CT molecular complexity index is 486. The normalized spacial score (nSPS) is 10.7. The molecule has 1 heterocycles. The van der Waals surface area contributed by atoms with Crippen molar-refractivity contribution in [2.75, 3.05) is 0 Å². The summed E-state index contributed by atoms with van der Waals surface area (Å²) in [6, 6.07) is 0. The number of nitrogens with zero attached hydrogens (tertiary/aromatic N) is 1. The van der Waals surface area contributed by atoms with Crippen LogP contribution in [0, 0.1) is 25.3 Å². The van der Waals surface area contributed by atoms with Crippen LogP contribution in [0.2, 0.25) is 19.6 Å². The fourth-order valence-electron chi connectivity index (χ4n) is 0.954. The van der Waals surface area contributed by atoms with Gasteiger partial charge in [-0.2, -0.15) is 0 Å². The van der Waals surface area contributed by atoms with E-state index in [0.29, 0.717) is 5.69 Å². The molecular weight excluding hydrogens is 204 g/mol. The van der Waals surface area contributed by atoms with Gasteiger partial charge in [0.15, 0.2) is 5.69 Å². The smallest absolute Gasteiger partial charge is 0.282 e. The van der Waals surface area contributed by atoms with Crippen molar-refractivity contribution in [3.63, 3.8) is 0 Å². The first kappa shape index (κ1) is 11.7. The van der Waals surface area contributed by atoms with Gasteiger partial charge in [-0.15, -0.1) is 5.54 Å². The molecule has 0 amide bonds. The van der Waals surface area contributed by atoms with Gasteiger partial charge in [0.05, 0.1) is 5.69 Å². The van der Waals surface area contributed by atoms with Crippen LogP contribution in [0.15, 0.2) is 4.79 Å². The molecule has 15 heavy (non-hydrogen) atoms. The van der Waals surface area contributed by atoms with E-state index < -0.39 is 8.07 Å². The van der Waals surface area contributed by atoms with Crippen molar-refractivity contribution in [1.29, 1.82) is 0 Å². The van der Waals surface area contributed by atoms with Gasteiger partial charge in [-0.25, -0.2) is 4.98 Å². The summed E-state index contributed by atoms with van der Waals surface area (Å²) in [6.07, 6.45) is 0. The maximum Gasteiger partial charge on any atom is 0.282 e. The fraction of sp³-hybridized carbons (Fsp3) is 0.455. The highest BCUT2D eigenvalue weighted by Crippen LogP contribution is 1.99. The predicted molar refractivity (Wildman–Crippen MR) is 64.6 cm³/mol. The second kappa shape index (κ2) is 4.03. The number of aryl methyl sites for hydroxylation is 2. The second-order valence-electron chi connectivity index (χ2n) is 4.62. The Morgan fingerprint density at radius 1 is 1.27 bits per heavy atom. The van der Waals surface area contributed by atoms with E-state index in [-0.39, 0.29) is 5.56 Å². The summed E-state index contributed by atoms with van der Waals surface area (Å²) < 4.78 is 0. The number of nitrogens with one attached hydrogen (secondary N) is 1. The van der Waals surface area contributed by atoms with Crippen LogP contribution in [0.3, 0.4) is 0 Å². The van der Waals surface area contributed by atoms with E-state index in [9.17, 15) is 4.79 Å². The van der Waals surface area contributed by atoms with E-state index in [1.165, 1.54) is 0 Å². The molecule has 0 atom stereocenters. The molecule has 1 N–H and O–H groups in total. The van der Waals surface area contributed by atoms with Crippen LogP contribution in [-0.2, 0) is 0 Å². The molecule has 0 saturated heterocycles. The van der Waals surface area contributed by atoms with E-state index in [1.54, 1.807) is 0 Å². The lowest BCUT2D eigenvalue weighted by atomic mass is 10.3. The van der Waals surface area contributed by atoms with E-state index in [0.717, 1.165) is 11.4 Å². The van der Waals surface area contributed by atoms with Gasteiger partial charge in [0.25, 0.3) is 5.56 Å². The number of hydrogen-bond acceptors (Lipinski definition) is 2. The highest BCUT2D eigenvalue weighted by Gasteiger charge is 2.08. The van der Waals surface area contributed by atoms with Crippen LogP contribution in [0.25, 0.3) is 0 Å². The van der Waals surface area contributed by atoms with Crippen LogP contribution in [-0.4, -0.2) is 18.0 Å². The first-order valence-corrected chi connectivity index (χ1v) is 8.40. The average molecular weight is 220 g/mol. The molecule has 80 valence electrons. The van der Waals surface area contributed by atoms with Gasteiger partial charge < -0.3 is 4.98 Å². The molecule has 0 aliphatic heterocycles. The Hall–Kier alpha value is -1.34.